The Morgan fingerprint density at radius 2 is 1.77 bits per heavy atom. The molecule has 1 heterocycles. The molecule has 0 atom stereocenters. The summed E-state index contributed by atoms with van der Waals surface area (Å²) in [6.07, 6.45) is 1.72. The molecule has 2 aromatic carbocycles. The fourth-order valence-corrected chi connectivity index (χ4v) is 3.33. The van der Waals surface area contributed by atoms with E-state index in [1.807, 2.05) is 6.92 Å². The maximum absolute atomic E-state index is 13.0. The monoisotopic (exact) mass is 444 g/mol. The number of amides is 3. The summed E-state index contributed by atoms with van der Waals surface area (Å²) in [6, 6.07) is 11.8. The normalized spacial score (nSPS) is 13.2. The quantitative estimate of drug-likeness (QED) is 0.533. The summed E-state index contributed by atoms with van der Waals surface area (Å²) < 4.78 is 1.28. The van der Waals surface area contributed by atoms with Crippen molar-refractivity contribution >= 4 is 57.5 Å². The van der Waals surface area contributed by atoms with E-state index in [1.165, 1.54) is 4.68 Å². The SMILES string of the molecule is Cc1ccc(NC(=O)c2cc3cc(Cl)ccc3n2NC(=O)C(=O)NC2CC2)cc1Cl. The Bertz CT molecular complexity index is 1180. The summed E-state index contributed by atoms with van der Waals surface area (Å²) in [5, 5.41) is 7.02. The summed E-state index contributed by atoms with van der Waals surface area (Å²) in [5.41, 5.74) is 4.56. The van der Waals surface area contributed by atoms with Crippen molar-refractivity contribution in [3.05, 3.63) is 63.8 Å². The van der Waals surface area contributed by atoms with Gasteiger partial charge in [-0.15, -0.1) is 0 Å². The molecule has 9 heteroatoms. The fraction of sp³-hybridized carbons (Fsp3) is 0.190. The third-order valence-electron chi connectivity index (χ3n) is 4.76. The summed E-state index contributed by atoms with van der Waals surface area (Å²) in [6.45, 7) is 1.86. The van der Waals surface area contributed by atoms with E-state index in [0.29, 0.717) is 26.6 Å². The van der Waals surface area contributed by atoms with Crippen LogP contribution in [0.5, 0.6) is 0 Å². The maximum Gasteiger partial charge on any atom is 0.328 e. The third-order valence-corrected chi connectivity index (χ3v) is 5.40. The average molecular weight is 445 g/mol. The topological polar surface area (TPSA) is 92.2 Å². The largest absolute Gasteiger partial charge is 0.345 e. The van der Waals surface area contributed by atoms with Crippen LogP contribution in [0.4, 0.5) is 5.69 Å². The van der Waals surface area contributed by atoms with Gasteiger partial charge < -0.3 is 10.6 Å². The van der Waals surface area contributed by atoms with Gasteiger partial charge in [-0.2, -0.15) is 0 Å². The van der Waals surface area contributed by atoms with Crippen molar-refractivity contribution in [1.29, 1.82) is 0 Å². The lowest BCUT2D eigenvalue weighted by atomic mass is 10.2. The Balaban J connectivity index is 1.66. The van der Waals surface area contributed by atoms with E-state index in [4.69, 9.17) is 23.2 Å². The highest BCUT2D eigenvalue weighted by Crippen LogP contribution is 2.25. The van der Waals surface area contributed by atoms with Gasteiger partial charge in [-0.25, -0.2) is 4.68 Å². The molecule has 30 heavy (non-hydrogen) atoms. The number of rotatable bonds is 4. The molecule has 0 bridgehead atoms. The standard InChI is InChI=1S/C21H18Cl2N4O3/c1-11-2-4-15(10-16(11)23)25-19(28)18-9-12-8-13(22)3-7-17(12)27(18)26-21(30)20(29)24-14-5-6-14/h2-4,7-10,14H,5-6H2,1H3,(H,24,29)(H,25,28)(H,26,30). The van der Waals surface area contributed by atoms with Gasteiger partial charge in [0, 0.05) is 27.2 Å². The molecule has 0 radical (unpaired) electrons. The lowest BCUT2D eigenvalue weighted by Crippen LogP contribution is -2.40. The number of hydrogen-bond acceptors (Lipinski definition) is 3. The van der Waals surface area contributed by atoms with Gasteiger partial charge in [-0.1, -0.05) is 29.3 Å². The minimum Gasteiger partial charge on any atom is -0.345 e. The first kappa shape index (κ1) is 20.3. The number of nitrogens with zero attached hydrogens (tertiary/aromatic N) is 1. The van der Waals surface area contributed by atoms with Crippen LogP contribution in [0.1, 0.15) is 28.9 Å². The van der Waals surface area contributed by atoms with Gasteiger partial charge in [0.25, 0.3) is 5.91 Å². The van der Waals surface area contributed by atoms with E-state index in [2.05, 4.69) is 16.1 Å². The zero-order chi connectivity index (χ0) is 21.4. The smallest absolute Gasteiger partial charge is 0.328 e. The van der Waals surface area contributed by atoms with Gasteiger partial charge in [-0.05, 0) is 61.7 Å². The number of aryl methyl sites for hydroxylation is 1. The average Bonchev–Trinajstić information content (AvgIpc) is 3.44. The summed E-state index contributed by atoms with van der Waals surface area (Å²) >= 11 is 12.2. The van der Waals surface area contributed by atoms with Crippen molar-refractivity contribution in [2.45, 2.75) is 25.8 Å². The van der Waals surface area contributed by atoms with Crippen LogP contribution in [-0.4, -0.2) is 28.4 Å². The van der Waals surface area contributed by atoms with Crippen LogP contribution >= 0.6 is 23.2 Å². The highest BCUT2D eigenvalue weighted by atomic mass is 35.5. The van der Waals surface area contributed by atoms with Gasteiger partial charge in [0.1, 0.15) is 5.69 Å². The molecule has 1 fully saturated rings. The highest BCUT2D eigenvalue weighted by Gasteiger charge is 2.27. The Labute approximate surface area is 182 Å². The maximum atomic E-state index is 13.0. The second-order valence-electron chi connectivity index (χ2n) is 7.17. The van der Waals surface area contributed by atoms with Gasteiger partial charge >= 0.3 is 11.8 Å². The number of halogens is 2. The Morgan fingerprint density at radius 1 is 1.00 bits per heavy atom. The first-order valence-corrected chi connectivity index (χ1v) is 10.1. The summed E-state index contributed by atoms with van der Waals surface area (Å²) in [4.78, 5) is 37.4. The van der Waals surface area contributed by atoms with Crippen molar-refractivity contribution in [1.82, 2.24) is 9.99 Å². The van der Waals surface area contributed by atoms with Gasteiger partial charge in [0.2, 0.25) is 0 Å². The lowest BCUT2D eigenvalue weighted by molar-refractivity contribution is -0.136. The lowest BCUT2D eigenvalue weighted by Gasteiger charge is -2.13. The molecule has 0 unspecified atom stereocenters. The van der Waals surface area contributed by atoms with Crippen molar-refractivity contribution in [3.63, 3.8) is 0 Å². The minimum atomic E-state index is -0.859. The molecule has 1 saturated carbocycles. The molecule has 7 nitrogen and oxygen atoms in total. The van der Waals surface area contributed by atoms with E-state index in [1.54, 1.807) is 42.5 Å². The first-order chi connectivity index (χ1) is 14.3. The van der Waals surface area contributed by atoms with Crippen LogP contribution < -0.4 is 16.1 Å². The molecule has 1 aromatic heterocycles. The number of fused-ring (bicyclic) bond motifs is 1. The van der Waals surface area contributed by atoms with Crippen LogP contribution in [0.3, 0.4) is 0 Å². The summed E-state index contributed by atoms with van der Waals surface area (Å²) in [7, 11) is 0. The van der Waals surface area contributed by atoms with Crippen molar-refractivity contribution in [2.24, 2.45) is 0 Å². The number of carbonyl (C=O) groups excluding carboxylic acids is 3. The molecule has 0 aliphatic heterocycles. The predicted molar refractivity (Wildman–Crippen MR) is 117 cm³/mol. The molecule has 3 amide bonds. The van der Waals surface area contributed by atoms with Crippen LogP contribution in [0.2, 0.25) is 10.0 Å². The zero-order valence-corrected chi connectivity index (χ0v) is 17.5. The molecule has 3 N–H and O–H groups in total. The van der Waals surface area contributed by atoms with E-state index < -0.39 is 17.7 Å². The molecule has 1 aliphatic carbocycles. The first-order valence-electron chi connectivity index (χ1n) is 9.32. The van der Waals surface area contributed by atoms with Crippen molar-refractivity contribution in [3.8, 4) is 0 Å². The van der Waals surface area contributed by atoms with E-state index in [9.17, 15) is 14.4 Å². The van der Waals surface area contributed by atoms with Crippen LogP contribution in [0.15, 0.2) is 42.5 Å². The van der Waals surface area contributed by atoms with E-state index >= 15 is 0 Å². The minimum absolute atomic E-state index is 0.0394. The molecule has 3 aromatic rings. The second kappa shape index (κ2) is 8.01. The van der Waals surface area contributed by atoms with Crippen molar-refractivity contribution in [2.75, 3.05) is 10.7 Å². The number of nitrogens with one attached hydrogen (secondary N) is 3. The molecule has 154 valence electrons. The van der Waals surface area contributed by atoms with Crippen LogP contribution in [0, 0.1) is 6.92 Å². The fourth-order valence-electron chi connectivity index (χ4n) is 2.97. The number of carbonyl (C=O) groups is 3. The molecule has 4 rings (SSSR count). The molecular weight excluding hydrogens is 427 g/mol. The molecular formula is C21H18Cl2N4O3. The molecule has 0 spiro atoms. The number of anilines is 1. The van der Waals surface area contributed by atoms with Gasteiger partial charge in [0.05, 0.1) is 5.52 Å². The Morgan fingerprint density at radius 3 is 2.47 bits per heavy atom. The Kier molecular flexibility index (Phi) is 5.40. The predicted octanol–water partition coefficient (Wildman–Crippen LogP) is 3.86. The Hall–Kier alpha value is -3.03. The van der Waals surface area contributed by atoms with E-state index in [0.717, 1.165) is 18.4 Å². The number of benzene rings is 2. The number of hydrogen-bond donors (Lipinski definition) is 3. The van der Waals surface area contributed by atoms with Crippen molar-refractivity contribution < 1.29 is 14.4 Å². The highest BCUT2D eigenvalue weighted by molar-refractivity contribution is 6.38. The summed E-state index contributed by atoms with van der Waals surface area (Å²) in [5.74, 6) is -2.09. The third kappa shape index (κ3) is 4.27. The van der Waals surface area contributed by atoms with Gasteiger partial charge in [0.15, 0.2) is 0 Å². The van der Waals surface area contributed by atoms with Crippen LogP contribution in [0.25, 0.3) is 10.9 Å². The second-order valence-corrected chi connectivity index (χ2v) is 8.02. The van der Waals surface area contributed by atoms with E-state index in [-0.39, 0.29) is 11.7 Å². The van der Waals surface area contributed by atoms with Crippen LogP contribution in [-0.2, 0) is 9.59 Å². The number of aromatic nitrogens is 1. The molecule has 0 saturated heterocycles. The zero-order valence-electron chi connectivity index (χ0n) is 16.0. The van der Waals surface area contributed by atoms with Gasteiger partial charge in [-0.3, -0.25) is 19.8 Å². The molecule has 1 aliphatic rings.